The molecule has 0 heterocycles. The van der Waals surface area contributed by atoms with E-state index in [4.69, 9.17) is 9.47 Å². The third-order valence-electron chi connectivity index (χ3n) is 3.64. The van der Waals surface area contributed by atoms with E-state index in [1.807, 2.05) is 0 Å². The average Bonchev–Trinajstić information content (AvgIpc) is 2.60. The van der Waals surface area contributed by atoms with Crippen molar-refractivity contribution in [1.29, 1.82) is 0 Å². The molecule has 0 saturated heterocycles. The topological polar surface area (TPSA) is 65.1 Å². The maximum Gasteiger partial charge on any atom is 0.573 e. The van der Waals surface area contributed by atoms with Gasteiger partial charge in [0.15, 0.2) is 11.5 Å². The van der Waals surface area contributed by atoms with Crippen molar-refractivity contribution in [3.63, 3.8) is 0 Å². The van der Waals surface area contributed by atoms with Crippen LogP contribution in [0.1, 0.15) is 5.56 Å². The number of benzene rings is 2. The minimum absolute atomic E-state index is 0.0243. The molecule has 0 bridgehead atoms. The first-order valence-electron chi connectivity index (χ1n) is 7.60. The molecule has 0 atom stereocenters. The van der Waals surface area contributed by atoms with Gasteiger partial charge in [0.05, 0.1) is 19.1 Å². The van der Waals surface area contributed by atoms with E-state index >= 15 is 0 Å². The van der Waals surface area contributed by atoms with Crippen LogP contribution < -0.4 is 14.2 Å². The molecule has 0 unspecified atom stereocenters. The molecule has 0 saturated carbocycles. The van der Waals surface area contributed by atoms with Crippen molar-refractivity contribution in [2.75, 3.05) is 21.3 Å². The van der Waals surface area contributed by atoms with Gasteiger partial charge in [0.2, 0.25) is 10.0 Å². The Hall–Kier alpha value is -2.46. The van der Waals surface area contributed by atoms with E-state index in [9.17, 15) is 21.6 Å². The van der Waals surface area contributed by atoms with E-state index in [0.717, 1.165) is 28.6 Å². The van der Waals surface area contributed by atoms with Gasteiger partial charge in [-0.1, -0.05) is 12.1 Å². The van der Waals surface area contributed by atoms with Crippen molar-refractivity contribution in [2.24, 2.45) is 0 Å². The minimum Gasteiger partial charge on any atom is -0.493 e. The zero-order valence-electron chi connectivity index (χ0n) is 14.8. The molecule has 0 fully saturated rings. The summed E-state index contributed by atoms with van der Waals surface area (Å²) in [6.07, 6.45) is -4.85. The van der Waals surface area contributed by atoms with Crippen LogP contribution in [0.25, 0.3) is 0 Å². The molecule has 0 N–H and O–H groups in total. The molecule has 0 radical (unpaired) electrons. The van der Waals surface area contributed by atoms with Crippen molar-refractivity contribution < 1.29 is 35.8 Å². The Bertz CT molecular complexity index is 882. The van der Waals surface area contributed by atoms with Crippen molar-refractivity contribution >= 4 is 10.0 Å². The summed E-state index contributed by atoms with van der Waals surface area (Å²) in [6.45, 7) is -0.0243. The molecule has 2 aromatic rings. The van der Waals surface area contributed by atoms with Crippen LogP contribution in [-0.4, -0.2) is 40.4 Å². The highest BCUT2D eigenvalue weighted by molar-refractivity contribution is 7.89. The fraction of sp³-hybridized carbons (Fsp3) is 0.294. The third kappa shape index (κ3) is 5.04. The lowest BCUT2D eigenvalue weighted by atomic mass is 10.2. The van der Waals surface area contributed by atoms with Gasteiger partial charge in [-0.05, 0) is 30.3 Å². The lowest BCUT2D eigenvalue weighted by molar-refractivity contribution is -0.274. The third-order valence-corrected chi connectivity index (χ3v) is 5.46. The second kappa shape index (κ2) is 8.05. The van der Waals surface area contributed by atoms with Crippen LogP contribution >= 0.6 is 0 Å². The van der Waals surface area contributed by atoms with E-state index in [-0.39, 0.29) is 11.4 Å². The Balaban J connectivity index is 2.24. The van der Waals surface area contributed by atoms with Gasteiger partial charge in [0.25, 0.3) is 0 Å². The highest BCUT2D eigenvalue weighted by Crippen LogP contribution is 2.32. The minimum atomic E-state index is -4.85. The lowest BCUT2D eigenvalue weighted by Crippen LogP contribution is -2.26. The Kier molecular flexibility index (Phi) is 6.22. The van der Waals surface area contributed by atoms with Crippen molar-refractivity contribution in [3.05, 3.63) is 48.0 Å². The van der Waals surface area contributed by atoms with E-state index in [1.54, 1.807) is 18.2 Å². The van der Waals surface area contributed by atoms with Gasteiger partial charge in [0.1, 0.15) is 5.75 Å². The summed E-state index contributed by atoms with van der Waals surface area (Å²) in [6, 6.07) is 9.05. The number of hydrogen-bond acceptors (Lipinski definition) is 5. The molecule has 10 heteroatoms. The number of ether oxygens (including phenoxy) is 3. The van der Waals surface area contributed by atoms with Crippen molar-refractivity contribution in [2.45, 2.75) is 17.8 Å². The SMILES string of the molecule is COc1cccc(CN(C)S(=O)(=O)c2ccc(OC(F)(F)F)cc2)c1OC. The first kappa shape index (κ1) is 20.8. The largest absolute Gasteiger partial charge is 0.573 e. The van der Waals surface area contributed by atoms with Crippen LogP contribution in [0.4, 0.5) is 13.2 Å². The van der Waals surface area contributed by atoms with Gasteiger partial charge >= 0.3 is 6.36 Å². The molecule has 0 aliphatic heterocycles. The lowest BCUT2D eigenvalue weighted by Gasteiger charge is -2.20. The van der Waals surface area contributed by atoms with Gasteiger partial charge in [-0.2, -0.15) is 4.31 Å². The average molecular weight is 405 g/mol. The fourth-order valence-electron chi connectivity index (χ4n) is 2.40. The molecule has 0 aromatic heterocycles. The van der Waals surface area contributed by atoms with E-state index < -0.39 is 22.1 Å². The Morgan fingerprint density at radius 2 is 1.63 bits per heavy atom. The zero-order chi connectivity index (χ0) is 20.2. The summed E-state index contributed by atoms with van der Waals surface area (Å²) >= 11 is 0. The van der Waals surface area contributed by atoms with E-state index in [0.29, 0.717) is 17.1 Å². The number of halogens is 3. The number of para-hydroxylation sites is 1. The molecular weight excluding hydrogens is 387 g/mol. The van der Waals surface area contributed by atoms with Gasteiger partial charge in [-0.3, -0.25) is 0 Å². The van der Waals surface area contributed by atoms with E-state index in [1.165, 1.54) is 21.3 Å². The van der Waals surface area contributed by atoms with Crippen LogP contribution in [0, 0.1) is 0 Å². The Labute approximate surface area is 155 Å². The Morgan fingerprint density at radius 3 is 2.15 bits per heavy atom. The predicted octanol–water partition coefficient (Wildman–Crippen LogP) is 3.42. The monoisotopic (exact) mass is 405 g/mol. The summed E-state index contributed by atoms with van der Waals surface area (Å²) in [5.41, 5.74) is 0.569. The van der Waals surface area contributed by atoms with Gasteiger partial charge < -0.3 is 14.2 Å². The summed E-state index contributed by atoms with van der Waals surface area (Å²) in [5.74, 6) is 0.351. The summed E-state index contributed by atoms with van der Waals surface area (Å²) < 4.78 is 77.2. The quantitative estimate of drug-likeness (QED) is 0.706. The second-order valence-electron chi connectivity index (χ2n) is 5.43. The predicted molar refractivity (Wildman–Crippen MR) is 91.3 cm³/mol. The molecular formula is C17H18F3NO5S. The van der Waals surface area contributed by atoms with Crippen LogP contribution in [0.15, 0.2) is 47.4 Å². The maximum atomic E-state index is 12.7. The number of alkyl halides is 3. The number of hydrogen-bond donors (Lipinski definition) is 0. The summed E-state index contributed by atoms with van der Waals surface area (Å²) in [4.78, 5) is -0.165. The molecule has 6 nitrogen and oxygen atoms in total. The number of methoxy groups -OCH3 is 2. The number of rotatable bonds is 7. The Morgan fingerprint density at radius 1 is 1.00 bits per heavy atom. The summed E-state index contributed by atoms with van der Waals surface area (Å²) in [5, 5.41) is 0. The highest BCUT2D eigenvalue weighted by atomic mass is 32.2. The molecule has 27 heavy (non-hydrogen) atoms. The normalized spacial score (nSPS) is 12.1. The van der Waals surface area contributed by atoms with Crippen LogP contribution in [0.3, 0.4) is 0 Å². The van der Waals surface area contributed by atoms with Gasteiger partial charge in [0, 0.05) is 19.2 Å². The van der Waals surface area contributed by atoms with Crippen LogP contribution in [0.5, 0.6) is 17.2 Å². The van der Waals surface area contributed by atoms with Crippen molar-refractivity contribution in [3.8, 4) is 17.2 Å². The molecule has 2 rings (SSSR count). The highest BCUT2D eigenvalue weighted by Gasteiger charge is 2.31. The standard InChI is InChI=1S/C17H18F3NO5S/c1-21(11-12-5-4-6-15(24-2)16(12)25-3)27(22,23)14-9-7-13(8-10-14)26-17(18,19)20/h4-10H,11H2,1-3H3. The van der Waals surface area contributed by atoms with Crippen LogP contribution in [-0.2, 0) is 16.6 Å². The molecule has 0 spiro atoms. The van der Waals surface area contributed by atoms with Gasteiger partial charge in [-0.15, -0.1) is 13.2 Å². The molecule has 2 aromatic carbocycles. The first-order valence-corrected chi connectivity index (χ1v) is 9.04. The van der Waals surface area contributed by atoms with Crippen molar-refractivity contribution in [1.82, 2.24) is 4.31 Å². The van der Waals surface area contributed by atoms with Crippen LogP contribution in [0.2, 0.25) is 0 Å². The maximum absolute atomic E-state index is 12.7. The second-order valence-corrected chi connectivity index (χ2v) is 7.48. The summed E-state index contributed by atoms with van der Waals surface area (Å²) in [7, 11) is 0.318. The van der Waals surface area contributed by atoms with E-state index in [2.05, 4.69) is 4.74 Å². The smallest absolute Gasteiger partial charge is 0.493 e. The number of sulfonamides is 1. The number of nitrogens with zero attached hydrogens (tertiary/aromatic N) is 1. The fourth-order valence-corrected chi connectivity index (χ4v) is 3.55. The molecule has 0 aliphatic carbocycles. The van der Waals surface area contributed by atoms with Gasteiger partial charge in [-0.25, -0.2) is 8.42 Å². The molecule has 148 valence electrons. The zero-order valence-corrected chi connectivity index (χ0v) is 15.6. The first-order chi connectivity index (χ1) is 12.6. The molecule has 0 aliphatic rings. The molecule has 0 amide bonds.